The number of likely N-dealkylation sites (tertiary alicyclic amines) is 1. The normalized spacial score (nSPS) is 23.5. The van der Waals surface area contributed by atoms with Gasteiger partial charge >= 0.3 is 0 Å². The Hall–Kier alpha value is -0.950. The quantitative estimate of drug-likeness (QED) is 0.737. The van der Waals surface area contributed by atoms with Crippen LogP contribution in [0.1, 0.15) is 31.2 Å². The molecule has 0 N–H and O–H groups in total. The molecule has 1 aromatic rings. The van der Waals surface area contributed by atoms with E-state index in [1.807, 2.05) is 16.3 Å². The molecular formula is C18H27NO4S. The number of rotatable bonds is 6. The molecule has 6 heteroatoms. The number of hydrogen-bond donors (Lipinski definition) is 0. The molecule has 134 valence electrons. The number of methoxy groups -OCH3 is 1. The van der Waals surface area contributed by atoms with Crippen molar-refractivity contribution in [1.82, 2.24) is 4.90 Å². The highest BCUT2D eigenvalue weighted by molar-refractivity contribution is 7.07. The van der Waals surface area contributed by atoms with Crippen molar-refractivity contribution in [3.8, 4) is 0 Å². The van der Waals surface area contributed by atoms with E-state index in [4.69, 9.17) is 14.2 Å². The number of hydrogen-bond acceptors (Lipinski definition) is 5. The maximum Gasteiger partial charge on any atom is 0.227 e. The first-order valence-corrected chi connectivity index (χ1v) is 9.68. The highest BCUT2D eigenvalue weighted by Gasteiger charge is 2.41. The van der Waals surface area contributed by atoms with Crippen molar-refractivity contribution in [2.75, 3.05) is 40.0 Å². The molecule has 1 atom stereocenters. The molecule has 2 fully saturated rings. The molecule has 2 saturated heterocycles. The van der Waals surface area contributed by atoms with E-state index in [-0.39, 0.29) is 17.6 Å². The van der Waals surface area contributed by atoms with E-state index in [2.05, 4.69) is 5.38 Å². The van der Waals surface area contributed by atoms with Crippen LogP contribution in [0.2, 0.25) is 0 Å². The fourth-order valence-electron chi connectivity index (χ4n) is 3.61. The van der Waals surface area contributed by atoms with Crippen LogP contribution < -0.4 is 0 Å². The van der Waals surface area contributed by atoms with Crippen molar-refractivity contribution < 1.29 is 19.0 Å². The van der Waals surface area contributed by atoms with Crippen LogP contribution in [0.4, 0.5) is 0 Å². The summed E-state index contributed by atoms with van der Waals surface area (Å²) in [6, 6.07) is 2.03. The average Bonchev–Trinajstić information content (AvgIpc) is 3.09. The Morgan fingerprint density at radius 3 is 2.96 bits per heavy atom. The third-order valence-corrected chi connectivity index (χ3v) is 5.78. The summed E-state index contributed by atoms with van der Waals surface area (Å²) in [4.78, 5) is 14.4. The van der Waals surface area contributed by atoms with Crippen LogP contribution in [-0.2, 0) is 25.4 Å². The maximum absolute atomic E-state index is 12.4. The van der Waals surface area contributed by atoms with Crippen molar-refractivity contribution in [3.05, 3.63) is 22.4 Å². The Kier molecular flexibility index (Phi) is 6.27. The van der Waals surface area contributed by atoms with Crippen molar-refractivity contribution in [2.45, 2.75) is 43.8 Å². The van der Waals surface area contributed by atoms with Crippen molar-refractivity contribution in [1.29, 1.82) is 0 Å². The number of thiophene rings is 1. The number of amides is 1. The SMILES string of the molecule is COCCOC1CCOC2(CCN(C(=O)Cc3ccsc3)CC2)C1. The van der Waals surface area contributed by atoms with Gasteiger partial charge in [-0.3, -0.25) is 4.79 Å². The lowest BCUT2D eigenvalue weighted by Gasteiger charge is -2.46. The van der Waals surface area contributed by atoms with Crippen molar-refractivity contribution in [3.63, 3.8) is 0 Å². The van der Waals surface area contributed by atoms with E-state index in [0.29, 0.717) is 19.6 Å². The fraction of sp³-hybridized carbons (Fsp3) is 0.722. The summed E-state index contributed by atoms with van der Waals surface area (Å²) in [7, 11) is 1.69. The smallest absolute Gasteiger partial charge is 0.227 e. The van der Waals surface area contributed by atoms with Crippen LogP contribution in [0.15, 0.2) is 16.8 Å². The number of ether oxygens (including phenoxy) is 3. The van der Waals surface area contributed by atoms with E-state index in [9.17, 15) is 4.79 Å². The molecule has 0 bridgehead atoms. The lowest BCUT2D eigenvalue weighted by atomic mass is 9.83. The van der Waals surface area contributed by atoms with E-state index >= 15 is 0 Å². The summed E-state index contributed by atoms with van der Waals surface area (Å²) in [6.07, 6.45) is 4.47. The zero-order valence-electron chi connectivity index (χ0n) is 14.4. The highest BCUT2D eigenvalue weighted by Crippen LogP contribution is 2.36. The second-order valence-corrected chi connectivity index (χ2v) is 7.48. The maximum atomic E-state index is 12.4. The van der Waals surface area contributed by atoms with Gasteiger partial charge in [-0.2, -0.15) is 11.3 Å². The number of carbonyl (C=O) groups excluding carboxylic acids is 1. The topological polar surface area (TPSA) is 48.0 Å². The van der Waals surface area contributed by atoms with E-state index in [1.54, 1.807) is 18.4 Å². The summed E-state index contributed by atoms with van der Waals surface area (Å²) in [6.45, 7) is 3.60. The fourth-order valence-corrected chi connectivity index (χ4v) is 4.28. The highest BCUT2D eigenvalue weighted by atomic mass is 32.1. The average molecular weight is 353 g/mol. The van der Waals surface area contributed by atoms with E-state index < -0.39 is 0 Å². The zero-order valence-corrected chi connectivity index (χ0v) is 15.2. The summed E-state index contributed by atoms with van der Waals surface area (Å²) in [5.74, 6) is 0.229. The molecule has 0 saturated carbocycles. The van der Waals surface area contributed by atoms with Gasteiger partial charge in [0, 0.05) is 33.2 Å². The van der Waals surface area contributed by atoms with Gasteiger partial charge in [0.15, 0.2) is 0 Å². The van der Waals surface area contributed by atoms with Crippen LogP contribution >= 0.6 is 11.3 Å². The minimum Gasteiger partial charge on any atom is -0.382 e. The second kappa shape index (κ2) is 8.43. The number of nitrogens with zero attached hydrogens (tertiary/aromatic N) is 1. The molecule has 0 aliphatic carbocycles. The summed E-state index contributed by atoms with van der Waals surface area (Å²) in [5, 5.41) is 4.07. The third kappa shape index (κ3) is 4.57. The predicted octanol–water partition coefficient (Wildman–Crippen LogP) is 2.49. The van der Waals surface area contributed by atoms with Gasteiger partial charge in [-0.05, 0) is 41.7 Å². The molecule has 24 heavy (non-hydrogen) atoms. The summed E-state index contributed by atoms with van der Waals surface area (Å²) in [5.41, 5.74) is 1.01. The second-order valence-electron chi connectivity index (χ2n) is 6.70. The lowest BCUT2D eigenvalue weighted by Crippen LogP contribution is -2.52. The third-order valence-electron chi connectivity index (χ3n) is 5.05. The van der Waals surface area contributed by atoms with E-state index in [0.717, 1.165) is 50.9 Å². The molecule has 5 nitrogen and oxygen atoms in total. The Balaban J connectivity index is 1.47. The Labute approximate surface area is 147 Å². The van der Waals surface area contributed by atoms with Crippen LogP contribution in [0.25, 0.3) is 0 Å². The van der Waals surface area contributed by atoms with Gasteiger partial charge in [-0.15, -0.1) is 0 Å². The molecule has 0 radical (unpaired) electrons. The van der Waals surface area contributed by atoms with Crippen molar-refractivity contribution >= 4 is 17.2 Å². The Morgan fingerprint density at radius 1 is 1.42 bits per heavy atom. The largest absolute Gasteiger partial charge is 0.382 e. The summed E-state index contributed by atoms with van der Waals surface area (Å²) >= 11 is 1.64. The summed E-state index contributed by atoms with van der Waals surface area (Å²) < 4.78 is 17.1. The Bertz CT molecular complexity index is 511. The van der Waals surface area contributed by atoms with Crippen LogP contribution in [-0.4, -0.2) is 62.5 Å². The molecule has 2 aliphatic heterocycles. The van der Waals surface area contributed by atoms with Gasteiger partial charge in [0.1, 0.15) is 0 Å². The van der Waals surface area contributed by atoms with Crippen LogP contribution in [0, 0.1) is 0 Å². The minimum absolute atomic E-state index is 0.102. The van der Waals surface area contributed by atoms with Gasteiger partial charge < -0.3 is 19.1 Å². The first kappa shape index (κ1) is 17.9. The van der Waals surface area contributed by atoms with E-state index in [1.165, 1.54) is 0 Å². The van der Waals surface area contributed by atoms with Crippen LogP contribution in [0.5, 0.6) is 0 Å². The molecular weight excluding hydrogens is 326 g/mol. The molecule has 0 aromatic carbocycles. The first-order chi connectivity index (χ1) is 11.7. The molecule has 1 unspecified atom stereocenters. The van der Waals surface area contributed by atoms with Crippen molar-refractivity contribution in [2.24, 2.45) is 0 Å². The van der Waals surface area contributed by atoms with Gasteiger partial charge in [-0.1, -0.05) is 0 Å². The zero-order chi connectivity index (χ0) is 16.8. The molecule has 1 spiro atoms. The van der Waals surface area contributed by atoms with Gasteiger partial charge in [-0.25, -0.2) is 0 Å². The molecule has 3 heterocycles. The molecule has 1 aromatic heterocycles. The number of carbonyl (C=O) groups is 1. The van der Waals surface area contributed by atoms with Gasteiger partial charge in [0.05, 0.1) is 31.3 Å². The molecule has 2 aliphatic rings. The molecule has 3 rings (SSSR count). The molecule has 1 amide bonds. The first-order valence-electron chi connectivity index (χ1n) is 8.74. The van der Waals surface area contributed by atoms with Crippen LogP contribution in [0.3, 0.4) is 0 Å². The predicted molar refractivity (Wildman–Crippen MR) is 93.4 cm³/mol. The monoisotopic (exact) mass is 353 g/mol. The van der Waals surface area contributed by atoms with Gasteiger partial charge in [0.2, 0.25) is 5.91 Å². The standard InChI is InChI=1S/C18H27NO4S/c1-21-9-10-22-16-2-8-23-18(13-16)4-6-19(7-5-18)17(20)12-15-3-11-24-14-15/h3,11,14,16H,2,4-10,12-13H2,1H3. The van der Waals surface area contributed by atoms with Gasteiger partial charge in [0.25, 0.3) is 0 Å². The number of piperidine rings is 1. The minimum atomic E-state index is -0.102. The Morgan fingerprint density at radius 2 is 2.25 bits per heavy atom. The lowest BCUT2D eigenvalue weighted by molar-refractivity contribution is -0.162.